The second-order valence-electron chi connectivity index (χ2n) is 13.2. The number of amides is 1. The van der Waals surface area contributed by atoms with Crippen LogP contribution in [0.5, 0.6) is 0 Å². The highest BCUT2D eigenvalue weighted by Gasteiger charge is 2.52. The fourth-order valence-corrected chi connectivity index (χ4v) is 7.31. The van der Waals surface area contributed by atoms with E-state index in [0.717, 1.165) is 112 Å². The average Bonchev–Trinajstić information content (AvgIpc) is 3.94. The molecule has 5 aliphatic carbocycles. The van der Waals surface area contributed by atoms with Crippen molar-refractivity contribution in [3.05, 3.63) is 41.3 Å². The van der Waals surface area contributed by atoms with Crippen molar-refractivity contribution >= 4 is 11.6 Å². The van der Waals surface area contributed by atoms with Crippen LogP contribution >= 0.6 is 0 Å². The molecule has 9 nitrogen and oxygen atoms in total. The van der Waals surface area contributed by atoms with Gasteiger partial charge in [-0.2, -0.15) is 9.97 Å². The molecule has 9 rings (SSSR count). The summed E-state index contributed by atoms with van der Waals surface area (Å²) in [5.41, 5.74) is 3.10. The first-order valence-corrected chi connectivity index (χ1v) is 15.3. The zero-order valence-electron chi connectivity index (χ0n) is 23.0. The van der Waals surface area contributed by atoms with Gasteiger partial charge in [-0.15, -0.1) is 0 Å². The predicted octanol–water partition coefficient (Wildman–Crippen LogP) is 6.07. The molecule has 1 aliphatic heterocycles. The number of anilines is 1. The van der Waals surface area contributed by atoms with Crippen LogP contribution in [0, 0.1) is 11.3 Å². The molecule has 1 atom stereocenters. The second kappa shape index (κ2) is 9.50. The number of fused-ring (bicyclic) bond motifs is 3. The number of ether oxygens (including phenoxy) is 1. The highest BCUT2D eigenvalue weighted by Crippen LogP contribution is 2.59. The monoisotopic (exact) mass is 543 g/mol. The van der Waals surface area contributed by atoms with Crippen LogP contribution < -0.4 is 5.32 Å². The van der Waals surface area contributed by atoms with Gasteiger partial charge in [-0.1, -0.05) is 16.4 Å². The van der Waals surface area contributed by atoms with Gasteiger partial charge in [-0.3, -0.25) is 4.79 Å². The van der Waals surface area contributed by atoms with Gasteiger partial charge in [0.15, 0.2) is 11.6 Å². The molecule has 6 fully saturated rings. The van der Waals surface area contributed by atoms with Crippen LogP contribution in [0.2, 0.25) is 0 Å². The zero-order valence-corrected chi connectivity index (χ0v) is 23.0. The molecule has 1 saturated heterocycles. The predicted molar refractivity (Wildman–Crippen MR) is 146 cm³/mol. The van der Waals surface area contributed by atoms with Crippen LogP contribution in [0.15, 0.2) is 27.2 Å². The minimum Gasteiger partial charge on any atom is -0.381 e. The third kappa shape index (κ3) is 4.46. The molecule has 5 saturated carbocycles. The Morgan fingerprint density at radius 3 is 2.33 bits per heavy atom. The van der Waals surface area contributed by atoms with Gasteiger partial charge in [0.2, 0.25) is 11.8 Å². The number of carbonyl (C=O) groups excluding carboxylic acids is 1. The van der Waals surface area contributed by atoms with E-state index in [4.69, 9.17) is 23.8 Å². The second-order valence-corrected chi connectivity index (χ2v) is 13.2. The Hall–Kier alpha value is -3.07. The Morgan fingerprint density at radius 1 is 0.900 bits per heavy atom. The lowest BCUT2D eigenvalue weighted by Gasteiger charge is -2.52. The van der Waals surface area contributed by atoms with Gasteiger partial charge in [0.25, 0.3) is 5.89 Å². The number of benzene rings is 1. The molecule has 1 unspecified atom stereocenters. The maximum atomic E-state index is 13.3. The Labute approximate surface area is 233 Å². The maximum absolute atomic E-state index is 13.3. The van der Waals surface area contributed by atoms with Crippen LogP contribution in [-0.2, 0) is 21.4 Å². The molecule has 3 aromatic rings. The molecule has 2 aromatic heterocycles. The van der Waals surface area contributed by atoms with E-state index in [0.29, 0.717) is 24.3 Å². The smallest absolute Gasteiger partial charge is 0.258 e. The van der Waals surface area contributed by atoms with Crippen molar-refractivity contribution in [2.45, 2.75) is 101 Å². The fourth-order valence-electron chi connectivity index (χ4n) is 7.31. The Balaban J connectivity index is 1.08. The van der Waals surface area contributed by atoms with Gasteiger partial charge >= 0.3 is 0 Å². The summed E-state index contributed by atoms with van der Waals surface area (Å²) in [5.74, 6) is 3.99. The summed E-state index contributed by atoms with van der Waals surface area (Å²) >= 11 is 0. The fraction of sp³-hybridized carbons (Fsp3) is 0.645. The van der Waals surface area contributed by atoms with E-state index in [1.807, 2.05) is 12.1 Å². The van der Waals surface area contributed by atoms with Gasteiger partial charge in [-0.05, 0) is 107 Å². The van der Waals surface area contributed by atoms with E-state index in [1.165, 1.54) is 12.8 Å². The zero-order chi connectivity index (χ0) is 26.7. The van der Waals surface area contributed by atoms with Crippen molar-refractivity contribution in [2.75, 3.05) is 18.5 Å². The van der Waals surface area contributed by atoms with E-state index in [-0.39, 0.29) is 22.7 Å². The minimum atomic E-state index is -0.117. The summed E-state index contributed by atoms with van der Waals surface area (Å²) in [6.07, 6.45) is 13.8. The van der Waals surface area contributed by atoms with Crippen LogP contribution in [0.4, 0.5) is 5.69 Å². The Kier molecular flexibility index (Phi) is 5.87. The van der Waals surface area contributed by atoms with Crippen LogP contribution in [0.3, 0.4) is 0 Å². The van der Waals surface area contributed by atoms with E-state index >= 15 is 0 Å². The van der Waals surface area contributed by atoms with Crippen molar-refractivity contribution in [1.82, 2.24) is 20.3 Å². The van der Waals surface area contributed by atoms with Gasteiger partial charge in [0.1, 0.15) is 0 Å². The summed E-state index contributed by atoms with van der Waals surface area (Å²) in [5, 5.41) is 11.9. The van der Waals surface area contributed by atoms with Crippen LogP contribution in [-0.4, -0.2) is 39.4 Å². The lowest BCUT2D eigenvalue weighted by atomic mass is 9.52. The van der Waals surface area contributed by atoms with E-state index in [1.54, 1.807) is 0 Å². The maximum Gasteiger partial charge on any atom is 0.258 e. The molecular weight excluding hydrogens is 506 g/mol. The molecular formula is C31H37N5O4. The number of aromatic nitrogens is 4. The van der Waals surface area contributed by atoms with E-state index in [9.17, 15) is 4.79 Å². The van der Waals surface area contributed by atoms with Crippen LogP contribution in [0.1, 0.15) is 112 Å². The highest BCUT2D eigenvalue weighted by molar-refractivity contribution is 5.94. The molecule has 0 spiro atoms. The standard InChI is InChI=1S/C31H37N5O4/c37-27(21-3-2-16-38-18-21)32-24-5-1-4-22(28-33-25(35-39-28)19-6-7-19)23(24)17-30-10-13-31(14-11-30,15-12-30)29-34-26(36-40-29)20-8-9-20/h1,4-5,19-21H,2-3,6-18H2,(H,32,37). The van der Waals surface area contributed by atoms with Crippen molar-refractivity contribution in [1.29, 1.82) is 0 Å². The Morgan fingerprint density at radius 2 is 1.62 bits per heavy atom. The number of carbonyl (C=O) groups is 1. The highest BCUT2D eigenvalue weighted by atomic mass is 16.5. The number of hydrogen-bond acceptors (Lipinski definition) is 8. The lowest BCUT2D eigenvalue weighted by molar-refractivity contribution is -0.123. The molecule has 0 radical (unpaired) electrons. The number of nitrogens with zero attached hydrogens (tertiary/aromatic N) is 4. The van der Waals surface area contributed by atoms with Crippen molar-refractivity contribution < 1.29 is 18.6 Å². The Bertz CT molecular complexity index is 1390. The third-order valence-electron chi connectivity index (χ3n) is 10.4. The molecule has 40 heavy (non-hydrogen) atoms. The normalized spacial score (nSPS) is 29.9. The van der Waals surface area contributed by atoms with Crippen molar-refractivity contribution in [3.63, 3.8) is 0 Å². The first-order valence-electron chi connectivity index (χ1n) is 15.3. The van der Waals surface area contributed by atoms with Gasteiger partial charge in [0.05, 0.1) is 12.5 Å². The van der Waals surface area contributed by atoms with E-state index < -0.39 is 0 Å². The quantitative estimate of drug-likeness (QED) is 0.364. The van der Waals surface area contributed by atoms with Crippen molar-refractivity contribution in [2.24, 2.45) is 11.3 Å². The lowest BCUT2D eigenvalue weighted by Crippen LogP contribution is -2.45. The van der Waals surface area contributed by atoms with Crippen molar-refractivity contribution in [3.8, 4) is 11.5 Å². The molecule has 2 bridgehead atoms. The molecule has 1 N–H and O–H groups in total. The molecule has 3 heterocycles. The first-order chi connectivity index (χ1) is 19.6. The number of nitrogens with one attached hydrogen (secondary N) is 1. The van der Waals surface area contributed by atoms with Gasteiger partial charge in [-0.25, -0.2) is 0 Å². The largest absolute Gasteiger partial charge is 0.381 e. The number of hydrogen-bond donors (Lipinski definition) is 1. The number of rotatable bonds is 8. The molecule has 6 aliphatic rings. The van der Waals surface area contributed by atoms with E-state index in [2.05, 4.69) is 21.7 Å². The summed E-state index contributed by atoms with van der Waals surface area (Å²) in [7, 11) is 0. The van der Waals surface area contributed by atoms with Gasteiger partial charge in [0, 0.05) is 35.1 Å². The molecule has 1 aromatic carbocycles. The first kappa shape index (κ1) is 24.7. The molecule has 1 amide bonds. The molecule has 210 valence electrons. The topological polar surface area (TPSA) is 116 Å². The third-order valence-corrected chi connectivity index (χ3v) is 10.4. The summed E-state index contributed by atoms with van der Waals surface area (Å²) in [6.45, 7) is 1.22. The van der Waals surface area contributed by atoms with Gasteiger partial charge < -0.3 is 19.1 Å². The summed E-state index contributed by atoms with van der Waals surface area (Å²) < 4.78 is 17.3. The summed E-state index contributed by atoms with van der Waals surface area (Å²) in [6, 6.07) is 6.09. The van der Waals surface area contributed by atoms with Crippen LogP contribution in [0.25, 0.3) is 11.5 Å². The summed E-state index contributed by atoms with van der Waals surface area (Å²) in [4.78, 5) is 23.0. The molecule has 9 heteroatoms. The minimum absolute atomic E-state index is 0.0189. The SMILES string of the molecule is O=C(Nc1cccc(-c2nc(C3CC3)no2)c1CC12CCC(c3nc(C4CC4)no3)(CC1)CC2)C1CCCOC1. The average molecular weight is 544 g/mol.